The highest BCUT2D eigenvalue weighted by Gasteiger charge is 2.68. The van der Waals surface area contributed by atoms with Gasteiger partial charge in [0.05, 0.1) is 5.56 Å². The number of benzene rings is 6. The minimum atomic E-state index is -0.994. The lowest BCUT2D eigenvalue weighted by Gasteiger charge is -2.32. The maximum absolute atomic E-state index is 7.61. The summed E-state index contributed by atoms with van der Waals surface area (Å²) in [5, 5.41) is 0. The molecule has 1 atom stereocenters. The Morgan fingerprint density at radius 1 is 0.554 bits per heavy atom. The third-order valence-corrected chi connectivity index (χ3v) is 12.3. The second kappa shape index (κ2) is 11.2. The number of rotatable bonds is 3. The van der Waals surface area contributed by atoms with E-state index in [9.17, 15) is 0 Å². The Bertz CT molecular complexity index is 2960. The summed E-state index contributed by atoms with van der Waals surface area (Å²) in [6.45, 7) is 16.0. The molecule has 272 valence electrons. The number of hydrogen-bond donors (Lipinski definition) is 0. The zero-order chi connectivity index (χ0) is 38.3. The van der Waals surface area contributed by atoms with Crippen LogP contribution in [0.5, 0.6) is 5.75 Å². The summed E-state index contributed by atoms with van der Waals surface area (Å²) >= 11 is 0. The number of nitrogens with zero attached hydrogens (tertiary/aromatic N) is 3. The molecule has 11 rings (SSSR count). The van der Waals surface area contributed by atoms with Gasteiger partial charge in [0, 0.05) is 28.8 Å². The van der Waals surface area contributed by atoms with Gasteiger partial charge in [-0.15, -0.1) is 9.13 Å². The summed E-state index contributed by atoms with van der Waals surface area (Å²) in [7, 11) is 0. The molecule has 0 bridgehead atoms. The van der Waals surface area contributed by atoms with Crippen LogP contribution < -0.4 is 13.9 Å². The number of aryl methyl sites for hydroxylation is 1. The van der Waals surface area contributed by atoms with Crippen molar-refractivity contribution in [3.8, 4) is 67.5 Å². The van der Waals surface area contributed by atoms with Gasteiger partial charge in [-0.05, 0) is 94.1 Å². The maximum atomic E-state index is 7.61. The molecule has 2 aromatic heterocycles. The van der Waals surface area contributed by atoms with Crippen LogP contribution in [-0.4, -0.2) is 4.57 Å². The highest BCUT2D eigenvalue weighted by atomic mass is 16.5. The second-order valence-electron chi connectivity index (χ2n) is 18.0. The number of aromatic nitrogens is 3. The number of pyridine rings is 1. The van der Waals surface area contributed by atoms with Crippen LogP contribution in [0.15, 0.2) is 146 Å². The summed E-state index contributed by atoms with van der Waals surface area (Å²) in [6, 6.07) is 51.8. The van der Waals surface area contributed by atoms with Gasteiger partial charge in [0.1, 0.15) is 22.6 Å². The summed E-state index contributed by atoms with van der Waals surface area (Å²) in [5.41, 5.74) is 19.2. The molecule has 4 nitrogen and oxygen atoms in total. The number of imidazole rings is 1. The predicted octanol–water partition coefficient (Wildman–Crippen LogP) is 11.7. The third kappa shape index (κ3) is 4.41. The summed E-state index contributed by atoms with van der Waals surface area (Å²) in [4.78, 5) is 0. The first-order chi connectivity index (χ1) is 26.9. The van der Waals surface area contributed by atoms with Crippen LogP contribution in [0.3, 0.4) is 0 Å². The molecule has 4 heteroatoms. The lowest BCUT2D eigenvalue weighted by Crippen LogP contribution is -2.78. The quantitative estimate of drug-likeness (QED) is 0.166. The van der Waals surface area contributed by atoms with E-state index in [1.807, 2.05) is 0 Å². The lowest BCUT2D eigenvalue weighted by molar-refractivity contribution is -0.997. The minimum Gasteiger partial charge on any atom is -0.392 e. The van der Waals surface area contributed by atoms with Gasteiger partial charge in [0.25, 0.3) is 0 Å². The van der Waals surface area contributed by atoms with Gasteiger partial charge in [0.15, 0.2) is 17.2 Å². The number of ether oxygens (including phenoxy) is 1. The van der Waals surface area contributed by atoms with Crippen molar-refractivity contribution in [1.82, 2.24) is 4.57 Å². The van der Waals surface area contributed by atoms with E-state index >= 15 is 0 Å². The average Bonchev–Trinajstić information content (AvgIpc) is 3.69. The van der Waals surface area contributed by atoms with Crippen molar-refractivity contribution < 1.29 is 13.9 Å². The van der Waals surface area contributed by atoms with Crippen LogP contribution in [0.4, 0.5) is 0 Å². The Morgan fingerprint density at radius 3 is 2.04 bits per heavy atom. The van der Waals surface area contributed by atoms with Crippen molar-refractivity contribution >= 4 is 11.0 Å². The summed E-state index contributed by atoms with van der Waals surface area (Å²) < 4.78 is 15.1. The molecule has 5 heterocycles. The van der Waals surface area contributed by atoms with E-state index in [0.717, 1.165) is 34.0 Å². The molecule has 6 aromatic carbocycles. The van der Waals surface area contributed by atoms with Crippen LogP contribution in [0.2, 0.25) is 0 Å². The van der Waals surface area contributed by atoms with Gasteiger partial charge in [-0.25, -0.2) is 0 Å². The van der Waals surface area contributed by atoms with Crippen molar-refractivity contribution in [3.05, 3.63) is 168 Å². The molecule has 3 aliphatic rings. The maximum Gasteiger partial charge on any atom is 0.499 e. The molecule has 0 saturated heterocycles. The fourth-order valence-corrected chi connectivity index (χ4v) is 9.49. The molecule has 0 radical (unpaired) electrons. The van der Waals surface area contributed by atoms with E-state index in [-0.39, 0.29) is 10.8 Å². The van der Waals surface area contributed by atoms with E-state index < -0.39 is 5.85 Å². The SMILES string of the molecule is Cc1ccc(-n2c3[n+]4c5c(cccc52)-c2cc(C(C)(C)C)cc5c2C4(Oc2ccccc2-3)[n+]2ccc(-c3ccccc3)cc2-5)c(-c2ccc(C(C)(C)C)cc2)c1. The molecule has 0 fully saturated rings. The fraction of sp³-hybridized carbons (Fsp3) is 0.192. The van der Waals surface area contributed by atoms with E-state index in [1.54, 1.807) is 0 Å². The molecule has 0 aliphatic carbocycles. The highest BCUT2D eigenvalue weighted by Crippen LogP contribution is 2.54. The van der Waals surface area contributed by atoms with Crippen LogP contribution in [0, 0.1) is 6.92 Å². The lowest BCUT2D eigenvalue weighted by atomic mass is 9.80. The van der Waals surface area contributed by atoms with Gasteiger partial charge >= 0.3 is 11.7 Å². The predicted molar refractivity (Wildman–Crippen MR) is 226 cm³/mol. The standard InChI is InChI=1S/C52H45N3O/c1-32-20-25-43(40(28-32)34-21-23-36(24-22-34)50(2,3)4)54-44-18-13-17-38-41-30-37(51(5,6)7)31-42-45-29-35(33-14-9-8-10-15-33)26-27-53(45)52(47(41)42)55(48(38)44)49(54)39-16-11-12-19-46(39)56-52/h8-31H,1-7H3/q+2. The molecule has 0 saturated carbocycles. The first-order valence-electron chi connectivity index (χ1n) is 19.9. The number of para-hydroxylation sites is 2. The summed E-state index contributed by atoms with van der Waals surface area (Å²) in [5.74, 6) is 0.981. The Hall–Kier alpha value is -6.26. The Kier molecular flexibility index (Phi) is 6.60. The van der Waals surface area contributed by atoms with E-state index in [0.29, 0.717) is 0 Å². The van der Waals surface area contributed by atoms with Crippen LogP contribution in [0.1, 0.15) is 63.8 Å². The van der Waals surface area contributed by atoms with Crippen LogP contribution in [-0.2, 0) is 16.7 Å². The van der Waals surface area contributed by atoms with Gasteiger partial charge < -0.3 is 4.74 Å². The topological polar surface area (TPSA) is 21.9 Å². The average molecular weight is 728 g/mol. The molecule has 0 N–H and O–H groups in total. The molecule has 1 unspecified atom stereocenters. The summed E-state index contributed by atoms with van der Waals surface area (Å²) in [6.07, 6.45) is 2.26. The van der Waals surface area contributed by atoms with Gasteiger partial charge in [0.2, 0.25) is 5.69 Å². The molecular weight excluding hydrogens is 683 g/mol. The first-order valence-corrected chi connectivity index (χ1v) is 19.9. The van der Waals surface area contributed by atoms with Gasteiger partial charge in [-0.3, -0.25) is 0 Å². The molecule has 0 amide bonds. The minimum absolute atomic E-state index is 0.0685. The monoisotopic (exact) mass is 727 g/mol. The van der Waals surface area contributed by atoms with Gasteiger partial charge in [-0.2, -0.15) is 4.57 Å². The normalized spacial score (nSPS) is 16.0. The molecule has 56 heavy (non-hydrogen) atoms. The number of fused-ring (bicyclic) bond motifs is 5. The van der Waals surface area contributed by atoms with Crippen molar-refractivity contribution in [1.29, 1.82) is 0 Å². The Morgan fingerprint density at radius 2 is 1.27 bits per heavy atom. The van der Waals surface area contributed by atoms with Crippen molar-refractivity contribution in [2.24, 2.45) is 0 Å². The largest absolute Gasteiger partial charge is 0.499 e. The fourth-order valence-electron chi connectivity index (χ4n) is 9.49. The zero-order valence-corrected chi connectivity index (χ0v) is 33.1. The van der Waals surface area contributed by atoms with Crippen molar-refractivity contribution in [2.75, 3.05) is 0 Å². The van der Waals surface area contributed by atoms with E-state index in [4.69, 9.17) is 4.74 Å². The van der Waals surface area contributed by atoms with Crippen LogP contribution >= 0.6 is 0 Å². The molecule has 8 aromatic rings. The Balaban J connectivity index is 1.29. The van der Waals surface area contributed by atoms with E-state index in [1.165, 1.54) is 66.7 Å². The van der Waals surface area contributed by atoms with E-state index in [2.05, 4.69) is 208 Å². The van der Waals surface area contributed by atoms with Crippen molar-refractivity contribution in [2.45, 2.75) is 65.1 Å². The first kappa shape index (κ1) is 33.1. The highest BCUT2D eigenvalue weighted by molar-refractivity contribution is 5.98. The second-order valence-corrected chi connectivity index (χ2v) is 18.0. The molecule has 1 spiro atoms. The van der Waals surface area contributed by atoms with Crippen LogP contribution in [0.25, 0.3) is 72.7 Å². The van der Waals surface area contributed by atoms with Gasteiger partial charge in [-0.1, -0.05) is 126 Å². The number of hydrogen-bond acceptors (Lipinski definition) is 1. The zero-order valence-electron chi connectivity index (χ0n) is 33.1. The smallest absolute Gasteiger partial charge is 0.392 e. The molecule has 3 aliphatic heterocycles. The van der Waals surface area contributed by atoms with Crippen molar-refractivity contribution in [3.63, 3.8) is 0 Å². The third-order valence-electron chi connectivity index (χ3n) is 12.3. The Labute approximate surface area is 328 Å². The molecular formula is C52H45N3O+2.